The molecule has 4 rings (SSSR count). The third kappa shape index (κ3) is 5.61. The number of amides is 3. The third-order valence-electron chi connectivity index (χ3n) is 5.08. The van der Waals surface area contributed by atoms with Crippen LogP contribution in [-0.2, 0) is 14.4 Å². The average molecular weight is 566 g/mol. The van der Waals surface area contributed by atoms with E-state index in [1.165, 1.54) is 18.1 Å². The Morgan fingerprint density at radius 1 is 1.08 bits per heavy atom. The Hall–Kier alpha value is -4.02. The van der Waals surface area contributed by atoms with Crippen LogP contribution in [0.1, 0.15) is 5.56 Å². The quantitative estimate of drug-likeness (QED) is 0.252. The molecule has 0 aromatic heterocycles. The lowest BCUT2D eigenvalue weighted by Crippen LogP contribution is -2.54. The number of carbonyl (C=O) groups excluding carboxylic acids is 3. The first-order valence-corrected chi connectivity index (χ1v) is 11.9. The van der Waals surface area contributed by atoms with Gasteiger partial charge in [0.05, 0.1) is 17.3 Å². The number of halogens is 1. The zero-order valence-corrected chi connectivity index (χ0v) is 21.4. The highest BCUT2D eigenvalue weighted by molar-refractivity contribution is 9.10. The van der Waals surface area contributed by atoms with E-state index in [1.54, 1.807) is 48.5 Å². The van der Waals surface area contributed by atoms with Gasteiger partial charge in [0.1, 0.15) is 5.57 Å². The summed E-state index contributed by atoms with van der Waals surface area (Å²) < 4.78 is 11.6. The number of methoxy groups -OCH3 is 1. The zero-order chi connectivity index (χ0) is 25.7. The van der Waals surface area contributed by atoms with E-state index in [2.05, 4.69) is 26.6 Å². The number of rotatable bonds is 7. The number of benzene rings is 3. The molecule has 0 saturated carbocycles. The summed E-state index contributed by atoms with van der Waals surface area (Å²) in [6, 6.07) is 21.1. The van der Waals surface area contributed by atoms with Gasteiger partial charge in [0.25, 0.3) is 17.7 Å². The lowest BCUT2D eigenvalue weighted by molar-refractivity contribution is -0.122. The number of hydrogen-bond acceptors (Lipinski definition) is 6. The van der Waals surface area contributed by atoms with E-state index in [0.717, 1.165) is 0 Å². The molecular weight excluding hydrogens is 546 g/mol. The Labute approximate surface area is 221 Å². The second kappa shape index (κ2) is 11.1. The Kier molecular flexibility index (Phi) is 7.77. The molecule has 2 N–H and O–H groups in total. The highest BCUT2D eigenvalue weighted by Gasteiger charge is 2.34. The van der Waals surface area contributed by atoms with Crippen molar-refractivity contribution in [2.24, 2.45) is 0 Å². The average Bonchev–Trinajstić information content (AvgIpc) is 2.86. The SMILES string of the molecule is COc1cc(/C=C2/C(=O)NC(=S)N(c3ccccc3)C2=O)cc(Br)c1OCC(=O)Nc1ccccc1. The molecule has 0 aliphatic carbocycles. The van der Waals surface area contributed by atoms with Crippen molar-refractivity contribution < 1.29 is 23.9 Å². The van der Waals surface area contributed by atoms with Gasteiger partial charge in [-0.2, -0.15) is 0 Å². The molecule has 0 unspecified atom stereocenters. The summed E-state index contributed by atoms with van der Waals surface area (Å²) in [5.41, 5.74) is 1.59. The Balaban J connectivity index is 1.56. The predicted octanol–water partition coefficient (Wildman–Crippen LogP) is 4.31. The van der Waals surface area contributed by atoms with Gasteiger partial charge in [0.2, 0.25) is 0 Å². The molecular formula is C26H20BrN3O5S. The second-order valence-corrected chi connectivity index (χ2v) is 8.77. The number of hydrogen-bond donors (Lipinski definition) is 2. The van der Waals surface area contributed by atoms with Crippen molar-refractivity contribution in [1.29, 1.82) is 0 Å². The molecule has 8 nitrogen and oxygen atoms in total. The van der Waals surface area contributed by atoms with Crippen molar-refractivity contribution in [3.63, 3.8) is 0 Å². The van der Waals surface area contributed by atoms with E-state index < -0.39 is 11.8 Å². The molecule has 1 heterocycles. The van der Waals surface area contributed by atoms with Crippen molar-refractivity contribution in [2.45, 2.75) is 0 Å². The largest absolute Gasteiger partial charge is 0.493 e. The van der Waals surface area contributed by atoms with Crippen LogP contribution in [0.15, 0.2) is 82.8 Å². The molecule has 0 radical (unpaired) electrons. The fourth-order valence-electron chi connectivity index (χ4n) is 3.46. The number of carbonyl (C=O) groups is 3. The number of ether oxygens (including phenoxy) is 2. The number of para-hydroxylation sites is 2. The van der Waals surface area contributed by atoms with Gasteiger partial charge in [-0.3, -0.25) is 24.6 Å². The molecule has 3 aromatic carbocycles. The molecule has 0 spiro atoms. The molecule has 182 valence electrons. The van der Waals surface area contributed by atoms with Gasteiger partial charge >= 0.3 is 0 Å². The van der Waals surface area contributed by atoms with E-state index in [-0.39, 0.29) is 23.2 Å². The smallest absolute Gasteiger partial charge is 0.270 e. The molecule has 1 aliphatic rings. The lowest BCUT2D eigenvalue weighted by atomic mass is 10.1. The van der Waals surface area contributed by atoms with Crippen LogP contribution in [0.4, 0.5) is 11.4 Å². The maximum Gasteiger partial charge on any atom is 0.270 e. The minimum Gasteiger partial charge on any atom is -0.493 e. The Morgan fingerprint density at radius 3 is 2.42 bits per heavy atom. The summed E-state index contributed by atoms with van der Waals surface area (Å²) in [6.45, 7) is -0.255. The van der Waals surface area contributed by atoms with Crippen molar-refractivity contribution >= 4 is 68.4 Å². The number of nitrogens with one attached hydrogen (secondary N) is 2. The van der Waals surface area contributed by atoms with Gasteiger partial charge in [-0.05, 0) is 76.2 Å². The topological polar surface area (TPSA) is 97.0 Å². The molecule has 1 aliphatic heterocycles. The lowest BCUT2D eigenvalue weighted by Gasteiger charge is -2.28. The minimum absolute atomic E-state index is 0.00429. The number of anilines is 2. The zero-order valence-electron chi connectivity index (χ0n) is 19.0. The minimum atomic E-state index is -0.606. The maximum absolute atomic E-state index is 13.2. The van der Waals surface area contributed by atoms with Crippen molar-refractivity contribution in [1.82, 2.24) is 5.32 Å². The van der Waals surface area contributed by atoms with Crippen LogP contribution >= 0.6 is 28.1 Å². The first-order valence-electron chi connectivity index (χ1n) is 10.7. The van der Waals surface area contributed by atoms with Gasteiger partial charge in [0, 0.05) is 5.69 Å². The molecule has 1 saturated heterocycles. The van der Waals surface area contributed by atoms with Gasteiger partial charge in [-0.15, -0.1) is 0 Å². The molecule has 1 fully saturated rings. The summed E-state index contributed by atoms with van der Waals surface area (Å²) in [6.07, 6.45) is 1.44. The van der Waals surface area contributed by atoms with E-state index in [1.807, 2.05) is 24.3 Å². The number of thiocarbonyl (C=S) groups is 1. The van der Waals surface area contributed by atoms with Crippen LogP contribution in [-0.4, -0.2) is 36.6 Å². The first kappa shape index (κ1) is 25.1. The summed E-state index contributed by atoms with van der Waals surface area (Å²) in [4.78, 5) is 39.3. The molecule has 0 bridgehead atoms. The third-order valence-corrected chi connectivity index (χ3v) is 5.96. The van der Waals surface area contributed by atoms with E-state index in [4.69, 9.17) is 21.7 Å². The molecule has 3 aromatic rings. The molecule has 0 atom stereocenters. The molecule has 10 heteroatoms. The summed E-state index contributed by atoms with van der Waals surface area (Å²) >= 11 is 8.65. The van der Waals surface area contributed by atoms with Crippen LogP contribution in [0.25, 0.3) is 6.08 Å². The van der Waals surface area contributed by atoms with Crippen LogP contribution < -0.4 is 25.0 Å². The van der Waals surface area contributed by atoms with E-state index in [9.17, 15) is 14.4 Å². The van der Waals surface area contributed by atoms with Crippen molar-refractivity contribution in [3.8, 4) is 11.5 Å². The van der Waals surface area contributed by atoms with E-state index in [0.29, 0.717) is 32.9 Å². The Bertz CT molecular complexity index is 1360. The first-order chi connectivity index (χ1) is 17.4. The van der Waals surface area contributed by atoms with Crippen LogP contribution in [0, 0.1) is 0 Å². The summed E-state index contributed by atoms with van der Waals surface area (Å²) in [5.74, 6) is -0.895. The van der Waals surface area contributed by atoms with Crippen LogP contribution in [0.3, 0.4) is 0 Å². The van der Waals surface area contributed by atoms with Crippen LogP contribution in [0.2, 0.25) is 0 Å². The monoisotopic (exact) mass is 565 g/mol. The highest BCUT2D eigenvalue weighted by Crippen LogP contribution is 2.37. The fraction of sp³-hybridized carbons (Fsp3) is 0.0769. The standard InChI is InChI=1S/C26H20BrN3O5S/c1-34-21-14-16(13-20(27)23(21)35-15-22(31)28-17-8-4-2-5-9-17)12-19-24(32)29-26(36)30(25(19)33)18-10-6-3-7-11-18/h2-14H,15H2,1H3,(H,28,31)(H,29,32,36)/b19-12-. The highest BCUT2D eigenvalue weighted by atomic mass is 79.9. The summed E-state index contributed by atoms with van der Waals surface area (Å²) in [7, 11) is 1.45. The second-order valence-electron chi connectivity index (χ2n) is 7.53. The predicted molar refractivity (Wildman–Crippen MR) is 144 cm³/mol. The van der Waals surface area contributed by atoms with Crippen molar-refractivity contribution in [3.05, 3.63) is 88.4 Å². The van der Waals surface area contributed by atoms with Crippen LogP contribution in [0.5, 0.6) is 11.5 Å². The van der Waals surface area contributed by atoms with Gasteiger partial charge in [0.15, 0.2) is 23.2 Å². The van der Waals surface area contributed by atoms with Gasteiger partial charge in [-0.1, -0.05) is 36.4 Å². The maximum atomic E-state index is 13.2. The fourth-order valence-corrected chi connectivity index (χ4v) is 4.31. The molecule has 3 amide bonds. The molecule has 36 heavy (non-hydrogen) atoms. The van der Waals surface area contributed by atoms with E-state index >= 15 is 0 Å². The Morgan fingerprint density at radius 2 is 1.75 bits per heavy atom. The van der Waals surface area contributed by atoms with Crippen molar-refractivity contribution in [2.75, 3.05) is 23.9 Å². The number of nitrogens with zero attached hydrogens (tertiary/aromatic N) is 1. The summed E-state index contributed by atoms with van der Waals surface area (Å²) in [5, 5.41) is 5.30. The normalized spacial score (nSPS) is 14.4. The van der Waals surface area contributed by atoms with Gasteiger partial charge < -0.3 is 14.8 Å². The van der Waals surface area contributed by atoms with Gasteiger partial charge in [-0.25, -0.2) is 0 Å².